The third-order valence-corrected chi connectivity index (χ3v) is 2.76. The van der Waals surface area contributed by atoms with E-state index in [1.165, 1.54) is 0 Å². The second kappa shape index (κ2) is 5.03. The minimum absolute atomic E-state index is 0.181. The van der Waals surface area contributed by atoms with E-state index in [1.807, 2.05) is 0 Å². The van der Waals surface area contributed by atoms with Gasteiger partial charge >= 0.3 is 0 Å². The summed E-state index contributed by atoms with van der Waals surface area (Å²) in [6.45, 7) is 7.74. The Labute approximate surface area is 91.2 Å². The van der Waals surface area contributed by atoms with Crippen LogP contribution in [0.2, 0.25) is 0 Å². The van der Waals surface area contributed by atoms with Crippen LogP contribution in [-0.2, 0) is 9.47 Å². The van der Waals surface area contributed by atoms with E-state index < -0.39 is 0 Å². The minimum atomic E-state index is 0.181. The molecule has 0 heterocycles. The van der Waals surface area contributed by atoms with Crippen molar-refractivity contribution in [3.8, 4) is 0 Å². The maximum absolute atomic E-state index is 5.92. The molecule has 0 fully saturated rings. The highest BCUT2D eigenvalue weighted by Crippen LogP contribution is 2.32. The van der Waals surface area contributed by atoms with Crippen LogP contribution >= 0.6 is 0 Å². The average Bonchev–Trinajstić information content (AvgIpc) is 2.26. The van der Waals surface area contributed by atoms with Gasteiger partial charge in [-0.3, -0.25) is 0 Å². The highest BCUT2D eigenvalue weighted by atomic mass is 16.5. The number of allylic oxidation sites excluding steroid dienone is 2. The fourth-order valence-corrected chi connectivity index (χ4v) is 1.80. The molecule has 0 amide bonds. The SMILES string of the molecule is C=C(OC)C1=C(C(=C)OC)CC(N)CC1. The molecule has 0 radical (unpaired) electrons. The highest BCUT2D eigenvalue weighted by Gasteiger charge is 2.22. The van der Waals surface area contributed by atoms with Crippen molar-refractivity contribution in [2.75, 3.05) is 14.2 Å². The van der Waals surface area contributed by atoms with Crippen LogP contribution in [0.15, 0.2) is 35.8 Å². The quantitative estimate of drug-likeness (QED) is 0.721. The number of ether oxygens (including phenoxy) is 2. The number of methoxy groups -OCH3 is 2. The topological polar surface area (TPSA) is 44.5 Å². The molecule has 84 valence electrons. The first-order valence-corrected chi connectivity index (χ1v) is 5.04. The zero-order chi connectivity index (χ0) is 11.4. The molecule has 15 heavy (non-hydrogen) atoms. The third kappa shape index (κ3) is 2.63. The molecule has 0 aromatic rings. The Bertz CT molecular complexity index is 305. The molecule has 2 N–H and O–H groups in total. The van der Waals surface area contributed by atoms with E-state index in [-0.39, 0.29) is 6.04 Å². The molecule has 0 aromatic heterocycles. The molecule has 0 aliphatic heterocycles. The summed E-state index contributed by atoms with van der Waals surface area (Å²) in [6.07, 6.45) is 2.62. The second-order valence-corrected chi connectivity index (χ2v) is 3.71. The third-order valence-electron chi connectivity index (χ3n) is 2.76. The van der Waals surface area contributed by atoms with Gasteiger partial charge in [0.1, 0.15) is 11.5 Å². The van der Waals surface area contributed by atoms with E-state index in [1.54, 1.807) is 14.2 Å². The Morgan fingerprint density at radius 1 is 1.20 bits per heavy atom. The van der Waals surface area contributed by atoms with Gasteiger partial charge in [-0.05, 0) is 19.3 Å². The molecule has 1 rings (SSSR count). The predicted octanol–water partition coefficient (Wildman–Crippen LogP) is 2.11. The van der Waals surface area contributed by atoms with Crippen LogP contribution in [0, 0.1) is 0 Å². The van der Waals surface area contributed by atoms with Gasteiger partial charge in [0.25, 0.3) is 0 Å². The van der Waals surface area contributed by atoms with Gasteiger partial charge in [0.15, 0.2) is 0 Å². The first-order chi connectivity index (χ1) is 7.10. The zero-order valence-electron chi connectivity index (χ0n) is 9.51. The Morgan fingerprint density at radius 3 is 2.27 bits per heavy atom. The van der Waals surface area contributed by atoms with Gasteiger partial charge in [0.05, 0.1) is 14.2 Å². The van der Waals surface area contributed by atoms with Gasteiger partial charge < -0.3 is 15.2 Å². The summed E-state index contributed by atoms with van der Waals surface area (Å²) in [7, 11) is 3.24. The van der Waals surface area contributed by atoms with Gasteiger partial charge in [-0.2, -0.15) is 0 Å². The number of hydrogen-bond acceptors (Lipinski definition) is 3. The lowest BCUT2D eigenvalue weighted by molar-refractivity contribution is 0.282. The lowest BCUT2D eigenvalue weighted by Crippen LogP contribution is -2.25. The lowest BCUT2D eigenvalue weighted by Gasteiger charge is -2.26. The first kappa shape index (κ1) is 11.9. The van der Waals surface area contributed by atoms with Crippen molar-refractivity contribution in [1.82, 2.24) is 0 Å². The number of hydrogen-bond donors (Lipinski definition) is 1. The van der Waals surface area contributed by atoms with Crippen molar-refractivity contribution in [1.29, 1.82) is 0 Å². The normalized spacial score (nSPS) is 21.1. The maximum atomic E-state index is 5.92. The lowest BCUT2D eigenvalue weighted by atomic mass is 9.87. The summed E-state index contributed by atoms with van der Waals surface area (Å²) >= 11 is 0. The van der Waals surface area contributed by atoms with Crippen LogP contribution in [0.3, 0.4) is 0 Å². The van der Waals surface area contributed by atoms with E-state index in [4.69, 9.17) is 15.2 Å². The van der Waals surface area contributed by atoms with Crippen molar-refractivity contribution in [2.24, 2.45) is 5.73 Å². The maximum Gasteiger partial charge on any atom is 0.115 e. The largest absolute Gasteiger partial charge is 0.497 e. The van der Waals surface area contributed by atoms with Crippen LogP contribution in [0.5, 0.6) is 0 Å². The first-order valence-electron chi connectivity index (χ1n) is 5.04. The molecular weight excluding hydrogens is 190 g/mol. The summed E-state index contributed by atoms with van der Waals surface area (Å²) in [5, 5.41) is 0. The smallest absolute Gasteiger partial charge is 0.115 e. The van der Waals surface area contributed by atoms with Crippen LogP contribution < -0.4 is 5.73 Å². The van der Waals surface area contributed by atoms with Crippen molar-refractivity contribution in [3.05, 3.63) is 35.8 Å². The summed E-state index contributed by atoms with van der Waals surface area (Å²) in [5.41, 5.74) is 8.05. The molecule has 0 spiro atoms. The average molecular weight is 209 g/mol. The molecule has 1 aliphatic rings. The van der Waals surface area contributed by atoms with E-state index in [0.29, 0.717) is 11.5 Å². The standard InChI is InChI=1S/C12H19NO2/c1-8(14-3)11-6-5-10(13)7-12(11)9(2)15-4/h10H,1-2,5-7,13H2,3-4H3. The fourth-order valence-electron chi connectivity index (χ4n) is 1.80. The Hall–Kier alpha value is -1.22. The van der Waals surface area contributed by atoms with E-state index in [9.17, 15) is 0 Å². The van der Waals surface area contributed by atoms with E-state index in [2.05, 4.69) is 13.2 Å². The molecule has 0 saturated heterocycles. The van der Waals surface area contributed by atoms with E-state index in [0.717, 1.165) is 30.4 Å². The van der Waals surface area contributed by atoms with Crippen LogP contribution in [0.1, 0.15) is 19.3 Å². The van der Waals surface area contributed by atoms with Crippen LogP contribution in [0.4, 0.5) is 0 Å². The molecule has 1 atom stereocenters. The van der Waals surface area contributed by atoms with Gasteiger partial charge in [-0.15, -0.1) is 0 Å². The highest BCUT2D eigenvalue weighted by molar-refractivity contribution is 5.40. The van der Waals surface area contributed by atoms with Gasteiger partial charge in [-0.1, -0.05) is 13.2 Å². The second-order valence-electron chi connectivity index (χ2n) is 3.71. The molecule has 3 heteroatoms. The minimum Gasteiger partial charge on any atom is -0.497 e. The zero-order valence-corrected chi connectivity index (χ0v) is 9.51. The van der Waals surface area contributed by atoms with Gasteiger partial charge in [-0.25, -0.2) is 0 Å². The summed E-state index contributed by atoms with van der Waals surface area (Å²) in [5.74, 6) is 1.36. The summed E-state index contributed by atoms with van der Waals surface area (Å²) < 4.78 is 10.3. The van der Waals surface area contributed by atoms with Gasteiger partial charge in [0, 0.05) is 17.2 Å². The summed E-state index contributed by atoms with van der Waals surface area (Å²) in [4.78, 5) is 0. The summed E-state index contributed by atoms with van der Waals surface area (Å²) in [6, 6.07) is 0.181. The van der Waals surface area contributed by atoms with Crippen molar-refractivity contribution in [3.63, 3.8) is 0 Å². The number of nitrogens with two attached hydrogens (primary N) is 1. The molecule has 1 unspecified atom stereocenters. The fraction of sp³-hybridized carbons (Fsp3) is 0.500. The van der Waals surface area contributed by atoms with Crippen molar-refractivity contribution >= 4 is 0 Å². The molecular formula is C12H19NO2. The molecule has 1 aliphatic carbocycles. The van der Waals surface area contributed by atoms with E-state index >= 15 is 0 Å². The Kier molecular flexibility index (Phi) is 3.97. The van der Waals surface area contributed by atoms with Gasteiger partial charge in [0.2, 0.25) is 0 Å². The predicted molar refractivity (Wildman–Crippen MR) is 61.2 cm³/mol. The van der Waals surface area contributed by atoms with Crippen LogP contribution in [-0.4, -0.2) is 20.3 Å². The Balaban J connectivity index is 3.01. The molecule has 3 nitrogen and oxygen atoms in total. The van der Waals surface area contributed by atoms with Crippen molar-refractivity contribution in [2.45, 2.75) is 25.3 Å². The number of rotatable bonds is 4. The molecule has 0 bridgehead atoms. The molecule has 0 aromatic carbocycles. The monoisotopic (exact) mass is 209 g/mol. The molecule has 0 saturated carbocycles. The van der Waals surface area contributed by atoms with Crippen molar-refractivity contribution < 1.29 is 9.47 Å². The van der Waals surface area contributed by atoms with Crippen LogP contribution in [0.25, 0.3) is 0 Å². The Morgan fingerprint density at radius 2 is 1.73 bits per heavy atom.